The van der Waals surface area contributed by atoms with Gasteiger partial charge in [-0.25, -0.2) is 0 Å². The Balaban J connectivity index is 4.46. The number of hydrogen-bond acceptors (Lipinski definition) is 5. The predicted molar refractivity (Wildman–Crippen MR) is 292 cm³/mol. The summed E-state index contributed by atoms with van der Waals surface area (Å²) in [7, 11) is 0. The van der Waals surface area contributed by atoms with Crippen LogP contribution >= 0.6 is 0 Å². The summed E-state index contributed by atoms with van der Waals surface area (Å²) in [6, 6.07) is -0.694. The number of carbonyl (C=O) groups is 2. The molecule has 0 heterocycles. The van der Waals surface area contributed by atoms with Crippen molar-refractivity contribution in [1.82, 2.24) is 5.32 Å². The summed E-state index contributed by atoms with van der Waals surface area (Å²) in [6.45, 7) is 6.55. The van der Waals surface area contributed by atoms with E-state index in [0.29, 0.717) is 19.3 Å². The molecule has 0 aliphatic rings. The standard InChI is InChI=1S/C61H121NO5/c1-4-7-10-13-16-19-22-25-28-29-30-33-36-39-42-45-48-51-54-61(66)67-57(52-49-46-43-40-37-34-31-26-23-20-17-14-11-8-5-2)55-60(65)62-58(56-63)59(64)53-50-47-44-41-38-35-32-27-24-21-18-15-12-9-6-3/h57-59,63-64H,4-56H2,1-3H3,(H,62,65). The van der Waals surface area contributed by atoms with Gasteiger partial charge >= 0.3 is 5.97 Å². The number of ether oxygens (including phenoxy) is 1. The van der Waals surface area contributed by atoms with Crippen molar-refractivity contribution in [3.05, 3.63) is 0 Å². The molecule has 0 aromatic carbocycles. The van der Waals surface area contributed by atoms with Crippen LogP contribution in [0.25, 0.3) is 0 Å². The maximum atomic E-state index is 13.3. The smallest absolute Gasteiger partial charge is 0.306 e. The monoisotopic (exact) mass is 948 g/mol. The first-order valence-corrected chi connectivity index (χ1v) is 30.8. The Morgan fingerprint density at radius 2 is 0.627 bits per heavy atom. The number of aliphatic hydroxyl groups excluding tert-OH is 2. The fourth-order valence-electron chi connectivity index (χ4n) is 10.0. The molecule has 0 saturated heterocycles. The summed E-state index contributed by atoms with van der Waals surface area (Å²) in [5.41, 5.74) is 0. The van der Waals surface area contributed by atoms with Gasteiger partial charge in [-0.1, -0.05) is 316 Å². The fourth-order valence-corrected chi connectivity index (χ4v) is 10.0. The maximum absolute atomic E-state index is 13.3. The zero-order chi connectivity index (χ0) is 48.8. The van der Waals surface area contributed by atoms with Gasteiger partial charge in [0.25, 0.3) is 0 Å². The quantitative estimate of drug-likeness (QED) is 0.0417. The van der Waals surface area contributed by atoms with Crippen LogP contribution in [0.3, 0.4) is 0 Å². The molecular weight excluding hydrogens is 827 g/mol. The molecule has 3 unspecified atom stereocenters. The lowest BCUT2D eigenvalue weighted by molar-refractivity contribution is -0.151. The second-order valence-electron chi connectivity index (χ2n) is 21.5. The van der Waals surface area contributed by atoms with Crippen LogP contribution in [0.4, 0.5) is 0 Å². The number of carbonyl (C=O) groups excluding carboxylic acids is 2. The average Bonchev–Trinajstić information content (AvgIpc) is 3.32. The van der Waals surface area contributed by atoms with Gasteiger partial charge in [0.15, 0.2) is 0 Å². The Kier molecular flexibility index (Phi) is 54.8. The van der Waals surface area contributed by atoms with Gasteiger partial charge in [-0.2, -0.15) is 0 Å². The van der Waals surface area contributed by atoms with Crippen LogP contribution in [-0.4, -0.2) is 46.9 Å². The van der Waals surface area contributed by atoms with E-state index in [-0.39, 0.29) is 24.9 Å². The molecule has 0 fully saturated rings. The van der Waals surface area contributed by atoms with E-state index in [1.54, 1.807) is 0 Å². The van der Waals surface area contributed by atoms with Crippen LogP contribution in [0.2, 0.25) is 0 Å². The molecule has 1 amide bonds. The van der Waals surface area contributed by atoms with Crippen LogP contribution in [-0.2, 0) is 14.3 Å². The molecule has 0 bridgehead atoms. The summed E-state index contributed by atoms with van der Waals surface area (Å²) < 4.78 is 5.98. The van der Waals surface area contributed by atoms with Crippen LogP contribution in [0, 0.1) is 0 Å². The Hall–Kier alpha value is -1.14. The number of hydrogen-bond donors (Lipinski definition) is 3. The van der Waals surface area contributed by atoms with E-state index >= 15 is 0 Å². The van der Waals surface area contributed by atoms with Gasteiger partial charge in [-0.15, -0.1) is 0 Å². The highest BCUT2D eigenvalue weighted by molar-refractivity contribution is 5.77. The highest BCUT2D eigenvalue weighted by atomic mass is 16.5. The van der Waals surface area contributed by atoms with Gasteiger partial charge in [0.1, 0.15) is 6.10 Å². The minimum absolute atomic E-state index is 0.0889. The third-order valence-electron chi connectivity index (χ3n) is 14.7. The molecule has 0 spiro atoms. The Bertz CT molecular complexity index is 975. The minimum atomic E-state index is -0.781. The molecule has 0 aliphatic heterocycles. The molecule has 0 aromatic heterocycles. The second kappa shape index (κ2) is 55.8. The summed E-state index contributed by atoms with van der Waals surface area (Å²) in [6.07, 6.45) is 63.2. The SMILES string of the molecule is CCCCCCCCCCCCCCCCCCCCC(=O)OC(CCCCCCCCCCCCCCCCC)CC(=O)NC(CO)C(O)CCCCCCCCCCCCCCCCC. The normalized spacial score (nSPS) is 13.0. The molecule has 0 saturated carbocycles. The fraction of sp³-hybridized carbons (Fsp3) is 0.967. The molecule has 0 radical (unpaired) electrons. The van der Waals surface area contributed by atoms with Crippen molar-refractivity contribution in [3.8, 4) is 0 Å². The molecule has 67 heavy (non-hydrogen) atoms. The van der Waals surface area contributed by atoms with Crippen LogP contribution in [0.1, 0.15) is 355 Å². The summed E-state index contributed by atoms with van der Waals surface area (Å²) >= 11 is 0. The number of amides is 1. The van der Waals surface area contributed by atoms with E-state index in [0.717, 1.165) is 38.5 Å². The largest absolute Gasteiger partial charge is 0.462 e. The molecule has 0 rings (SSSR count). The lowest BCUT2D eigenvalue weighted by Gasteiger charge is -2.24. The number of aliphatic hydroxyl groups is 2. The van der Waals surface area contributed by atoms with Crippen molar-refractivity contribution in [2.24, 2.45) is 0 Å². The van der Waals surface area contributed by atoms with Crippen LogP contribution in [0.5, 0.6) is 0 Å². The first-order valence-electron chi connectivity index (χ1n) is 30.8. The van der Waals surface area contributed by atoms with E-state index in [1.165, 1.54) is 270 Å². The average molecular weight is 949 g/mol. The van der Waals surface area contributed by atoms with E-state index in [2.05, 4.69) is 26.1 Å². The molecular formula is C61H121NO5. The highest BCUT2D eigenvalue weighted by Crippen LogP contribution is 2.20. The van der Waals surface area contributed by atoms with Crippen molar-refractivity contribution < 1.29 is 24.5 Å². The molecule has 0 aromatic rings. The molecule has 3 atom stereocenters. The highest BCUT2D eigenvalue weighted by Gasteiger charge is 2.24. The zero-order valence-corrected chi connectivity index (χ0v) is 45.8. The third-order valence-corrected chi connectivity index (χ3v) is 14.7. The van der Waals surface area contributed by atoms with Gasteiger partial charge in [0.2, 0.25) is 5.91 Å². The number of rotatable bonds is 57. The van der Waals surface area contributed by atoms with Crippen molar-refractivity contribution in [2.45, 2.75) is 373 Å². The summed E-state index contributed by atoms with van der Waals surface area (Å²) in [5, 5.41) is 23.9. The predicted octanol–water partition coefficient (Wildman–Crippen LogP) is 19.1. The van der Waals surface area contributed by atoms with Crippen LogP contribution < -0.4 is 5.32 Å². The van der Waals surface area contributed by atoms with Gasteiger partial charge in [-0.3, -0.25) is 9.59 Å². The van der Waals surface area contributed by atoms with E-state index in [9.17, 15) is 19.8 Å². The summed E-state index contributed by atoms with van der Waals surface area (Å²) in [4.78, 5) is 26.3. The summed E-state index contributed by atoms with van der Waals surface area (Å²) in [5.74, 6) is -0.441. The van der Waals surface area contributed by atoms with Gasteiger partial charge in [-0.05, 0) is 25.7 Å². The number of esters is 1. The van der Waals surface area contributed by atoms with E-state index in [4.69, 9.17) is 4.74 Å². The lowest BCUT2D eigenvalue weighted by atomic mass is 10.0. The van der Waals surface area contributed by atoms with Gasteiger partial charge < -0.3 is 20.3 Å². The Morgan fingerprint density at radius 3 is 0.910 bits per heavy atom. The zero-order valence-electron chi connectivity index (χ0n) is 45.8. The number of unbranched alkanes of at least 4 members (excludes halogenated alkanes) is 45. The first kappa shape index (κ1) is 65.9. The first-order chi connectivity index (χ1) is 33.0. The molecule has 400 valence electrons. The van der Waals surface area contributed by atoms with Gasteiger partial charge in [0, 0.05) is 6.42 Å². The molecule has 3 N–H and O–H groups in total. The van der Waals surface area contributed by atoms with E-state index < -0.39 is 18.2 Å². The van der Waals surface area contributed by atoms with Crippen molar-refractivity contribution in [1.29, 1.82) is 0 Å². The van der Waals surface area contributed by atoms with Crippen molar-refractivity contribution >= 4 is 11.9 Å². The van der Waals surface area contributed by atoms with Gasteiger partial charge in [0.05, 0.1) is 25.2 Å². The van der Waals surface area contributed by atoms with Crippen LogP contribution in [0.15, 0.2) is 0 Å². The topological polar surface area (TPSA) is 95.9 Å². The molecule has 0 aliphatic carbocycles. The maximum Gasteiger partial charge on any atom is 0.306 e. The molecule has 6 nitrogen and oxygen atoms in total. The third kappa shape index (κ3) is 51.0. The van der Waals surface area contributed by atoms with Crippen molar-refractivity contribution in [2.75, 3.05) is 6.61 Å². The lowest BCUT2D eigenvalue weighted by Crippen LogP contribution is -2.46. The Labute approximate surface area is 419 Å². The second-order valence-corrected chi connectivity index (χ2v) is 21.5. The minimum Gasteiger partial charge on any atom is -0.462 e. The van der Waals surface area contributed by atoms with E-state index in [1.807, 2.05) is 0 Å². The Morgan fingerprint density at radius 1 is 0.373 bits per heavy atom. The number of nitrogens with one attached hydrogen (secondary N) is 1. The van der Waals surface area contributed by atoms with Crippen molar-refractivity contribution in [3.63, 3.8) is 0 Å². The molecule has 6 heteroatoms.